The largest absolute Gasteiger partial charge is 0.508 e. The fourth-order valence-corrected chi connectivity index (χ4v) is 4.35. The van der Waals surface area contributed by atoms with Crippen LogP contribution in [0.1, 0.15) is 45.8 Å². The van der Waals surface area contributed by atoms with Gasteiger partial charge in [-0.05, 0) is 60.9 Å². The second-order valence-electron chi connectivity index (χ2n) is 9.17. The second-order valence-corrected chi connectivity index (χ2v) is 9.17. The fraction of sp³-hybridized carbons (Fsp3) is 0.276. The Morgan fingerprint density at radius 2 is 1.86 bits per heavy atom. The van der Waals surface area contributed by atoms with Gasteiger partial charge in [0.05, 0.1) is 19.8 Å². The average Bonchev–Trinajstić information content (AvgIpc) is 3.34. The summed E-state index contributed by atoms with van der Waals surface area (Å²) in [6, 6.07) is 20.3. The van der Waals surface area contributed by atoms with Gasteiger partial charge >= 0.3 is 0 Å². The number of aromatic nitrogens is 1. The molecule has 4 rings (SSSR count). The predicted molar refractivity (Wildman–Crippen MR) is 143 cm³/mol. The van der Waals surface area contributed by atoms with Gasteiger partial charge < -0.3 is 35.7 Å². The molecule has 0 bridgehead atoms. The summed E-state index contributed by atoms with van der Waals surface area (Å²) in [6.45, 7) is 2.45. The molecule has 194 valence electrons. The molecular weight excluding hydrogens is 470 g/mol. The van der Waals surface area contributed by atoms with Gasteiger partial charge in [-0.3, -0.25) is 4.79 Å². The van der Waals surface area contributed by atoms with Crippen molar-refractivity contribution < 1.29 is 24.9 Å². The van der Waals surface area contributed by atoms with Crippen molar-refractivity contribution in [3.05, 3.63) is 94.7 Å². The number of methoxy groups -OCH3 is 1. The van der Waals surface area contributed by atoms with Gasteiger partial charge in [0.15, 0.2) is 0 Å². The van der Waals surface area contributed by atoms with E-state index >= 15 is 0 Å². The Bertz CT molecular complexity index is 1370. The van der Waals surface area contributed by atoms with Gasteiger partial charge in [-0.15, -0.1) is 0 Å². The second kappa shape index (κ2) is 11.9. The molecule has 8 nitrogen and oxygen atoms in total. The zero-order valence-electron chi connectivity index (χ0n) is 21.0. The molecule has 1 aromatic heterocycles. The molecule has 0 spiro atoms. The van der Waals surface area contributed by atoms with Crippen LogP contribution in [-0.2, 0) is 19.6 Å². The van der Waals surface area contributed by atoms with E-state index in [0.29, 0.717) is 29.9 Å². The van der Waals surface area contributed by atoms with Gasteiger partial charge in [0.2, 0.25) is 0 Å². The van der Waals surface area contributed by atoms with E-state index in [4.69, 9.17) is 4.74 Å². The topological polar surface area (TPSA) is 127 Å². The summed E-state index contributed by atoms with van der Waals surface area (Å²) in [4.78, 5) is 15.9. The maximum Gasteiger partial charge on any atom is 0.267 e. The van der Waals surface area contributed by atoms with Crippen LogP contribution in [-0.4, -0.2) is 45.9 Å². The van der Waals surface area contributed by atoms with E-state index in [2.05, 4.69) is 21.7 Å². The minimum absolute atomic E-state index is 0.0111. The third-order valence-corrected chi connectivity index (χ3v) is 6.42. The lowest BCUT2D eigenvalue weighted by atomic mass is 10.0. The molecule has 4 aromatic rings. The summed E-state index contributed by atoms with van der Waals surface area (Å²) in [5.41, 5.74) is 4.41. The molecule has 0 aliphatic carbocycles. The van der Waals surface area contributed by atoms with E-state index in [9.17, 15) is 20.1 Å². The number of aromatic hydroxyl groups is 1. The number of hydrogen-bond acceptors (Lipinski definition) is 6. The molecule has 2 atom stereocenters. The lowest BCUT2D eigenvalue weighted by Crippen LogP contribution is -2.32. The van der Waals surface area contributed by atoms with E-state index < -0.39 is 6.10 Å². The highest BCUT2D eigenvalue weighted by molar-refractivity contribution is 5.98. The lowest BCUT2D eigenvalue weighted by molar-refractivity contribution is 0.0946. The van der Waals surface area contributed by atoms with Crippen LogP contribution in [0.15, 0.2) is 66.7 Å². The van der Waals surface area contributed by atoms with Crippen LogP contribution >= 0.6 is 0 Å². The molecule has 6 N–H and O–H groups in total. The number of carbonyl (C=O) groups is 1. The Kier molecular flexibility index (Phi) is 8.45. The highest BCUT2D eigenvalue weighted by Gasteiger charge is 2.14. The number of ether oxygens (including phenoxy) is 1. The number of H-pyrrole nitrogens is 1. The minimum atomic E-state index is -0.766. The lowest BCUT2D eigenvalue weighted by Gasteiger charge is -2.18. The van der Waals surface area contributed by atoms with Crippen molar-refractivity contribution in [2.75, 3.05) is 13.7 Å². The quantitative estimate of drug-likeness (QED) is 0.186. The number of rotatable bonds is 11. The monoisotopic (exact) mass is 503 g/mol. The highest BCUT2D eigenvalue weighted by atomic mass is 16.5. The Labute approximate surface area is 215 Å². The first-order valence-corrected chi connectivity index (χ1v) is 12.2. The smallest absolute Gasteiger partial charge is 0.267 e. The molecule has 8 heteroatoms. The number of amides is 1. The third-order valence-electron chi connectivity index (χ3n) is 6.42. The van der Waals surface area contributed by atoms with Crippen molar-refractivity contribution in [1.82, 2.24) is 15.6 Å². The summed E-state index contributed by atoms with van der Waals surface area (Å²) in [7, 11) is 1.61. The van der Waals surface area contributed by atoms with Crippen molar-refractivity contribution in [2.45, 2.75) is 38.6 Å². The minimum Gasteiger partial charge on any atom is -0.508 e. The van der Waals surface area contributed by atoms with E-state index in [0.717, 1.165) is 34.2 Å². The Hall–Kier alpha value is -3.85. The number of hydrogen-bond donors (Lipinski definition) is 6. The summed E-state index contributed by atoms with van der Waals surface area (Å²) in [5, 5.41) is 36.8. The van der Waals surface area contributed by atoms with Crippen LogP contribution in [0.4, 0.5) is 0 Å². The van der Waals surface area contributed by atoms with Crippen LogP contribution in [0.3, 0.4) is 0 Å². The summed E-state index contributed by atoms with van der Waals surface area (Å²) < 4.78 is 5.35. The maximum atomic E-state index is 12.7. The number of carbonyl (C=O) groups excluding carboxylic acids is 1. The molecule has 0 aliphatic heterocycles. The van der Waals surface area contributed by atoms with Crippen molar-refractivity contribution >= 4 is 16.8 Å². The molecular formula is C29H33N3O5. The summed E-state index contributed by atoms with van der Waals surface area (Å²) >= 11 is 0. The number of aromatic amines is 1. The molecule has 1 amide bonds. The first-order valence-electron chi connectivity index (χ1n) is 12.2. The number of fused-ring (bicyclic) bond motifs is 1. The predicted octanol–water partition coefficient (Wildman–Crippen LogP) is 3.56. The van der Waals surface area contributed by atoms with Gasteiger partial charge in [0.25, 0.3) is 5.91 Å². The molecule has 3 aromatic carbocycles. The number of nitrogens with one attached hydrogen (secondary N) is 3. The Morgan fingerprint density at radius 3 is 2.65 bits per heavy atom. The van der Waals surface area contributed by atoms with Gasteiger partial charge in [-0.2, -0.15) is 0 Å². The van der Waals surface area contributed by atoms with Crippen LogP contribution in [0.5, 0.6) is 11.5 Å². The van der Waals surface area contributed by atoms with Crippen molar-refractivity contribution in [1.29, 1.82) is 0 Å². The number of aliphatic hydroxyl groups excluding tert-OH is 2. The van der Waals surface area contributed by atoms with E-state index in [-0.39, 0.29) is 24.3 Å². The molecule has 0 aliphatic rings. The molecule has 37 heavy (non-hydrogen) atoms. The zero-order valence-corrected chi connectivity index (χ0v) is 21.0. The number of phenols is 1. The SMILES string of the molecule is COc1ccccc1CNC(=O)c1cc2cc(C[C@@H](C)NC[C@H](O)c3ccc(O)c(CO)c3)ccc2[nH]1. The normalized spacial score (nSPS) is 12.9. The Balaban J connectivity index is 1.33. The number of aliphatic hydroxyl groups is 2. The standard InChI is InChI=1S/C29H33N3O5/c1-18(30-16-27(35)20-8-10-26(34)23(13-20)17-33)11-19-7-9-24-22(12-19)14-25(32-24)29(36)31-15-21-5-3-4-6-28(21)37-2/h3-10,12-14,18,27,30,32-35H,11,15-17H2,1-2H3,(H,31,36)/t18-,27+/m1/s1. The molecule has 1 heterocycles. The third kappa shape index (κ3) is 6.48. The van der Waals surface area contributed by atoms with Crippen LogP contribution in [0.25, 0.3) is 10.9 Å². The number of benzene rings is 3. The Morgan fingerprint density at radius 1 is 1.05 bits per heavy atom. The van der Waals surface area contributed by atoms with Crippen LogP contribution in [0.2, 0.25) is 0 Å². The van der Waals surface area contributed by atoms with Crippen molar-refractivity contribution in [3.63, 3.8) is 0 Å². The van der Waals surface area contributed by atoms with Gasteiger partial charge in [0.1, 0.15) is 17.2 Å². The van der Waals surface area contributed by atoms with Crippen LogP contribution in [0, 0.1) is 0 Å². The summed E-state index contributed by atoms with van der Waals surface area (Å²) in [5.74, 6) is 0.556. The fourth-order valence-electron chi connectivity index (χ4n) is 4.35. The highest BCUT2D eigenvalue weighted by Crippen LogP contribution is 2.23. The zero-order chi connectivity index (χ0) is 26.4. The number of para-hydroxylation sites is 1. The molecule has 0 saturated heterocycles. The van der Waals surface area contributed by atoms with Gasteiger partial charge in [0, 0.05) is 41.2 Å². The van der Waals surface area contributed by atoms with Crippen LogP contribution < -0.4 is 15.4 Å². The first-order chi connectivity index (χ1) is 17.9. The summed E-state index contributed by atoms with van der Waals surface area (Å²) in [6.07, 6.45) is -0.0295. The van der Waals surface area contributed by atoms with E-state index in [1.807, 2.05) is 49.4 Å². The molecule has 0 saturated carbocycles. The molecule has 0 fully saturated rings. The molecule has 0 radical (unpaired) electrons. The van der Waals surface area contributed by atoms with Crippen molar-refractivity contribution in [3.8, 4) is 11.5 Å². The maximum absolute atomic E-state index is 12.7. The van der Waals surface area contributed by atoms with Gasteiger partial charge in [-0.25, -0.2) is 0 Å². The average molecular weight is 504 g/mol. The van der Waals surface area contributed by atoms with Gasteiger partial charge in [-0.1, -0.05) is 30.3 Å². The first kappa shape index (κ1) is 26.2. The molecule has 0 unspecified atom stereocenters. The van der Waals surface area contributed by atoms with E-state index in [1.54, 1.807) is 19.2 Å². The van der Waals surface area contributed by atoms with E-state index in [1.165, 1.54) is 6.07 Å². The van der Waals surface area contributed by atoms with Crippen molar-refractivity contribution in [2.24, 2.45) is 0 Å².